The van der Waals surface area contributed by atoms with Gasteiger partial charge in [0, 0.05) is 17.8 Å². The van der Waals surface area contributed by atoms with Gasteiger partial charge in [-0.1, -0.05) is 11.6 Å². The van der Waals surface area contributed by atoms with Gasteiger partial charge in [-0.05, 0) is 18.2 Å². The second kappa shape index (κ2) is 6.55. The summed E-state index contributed by atoms with van der Waals surface area (Å²) in [6, 6.07) is 4.23. The lowest BCUT2D eigenvalue weighted by atomic mass is 10.2. The molecule has 0 saturated carbocycles. The van der Waals surface area contributed by atoms with Crippen molar-refractivity contribution in [2.45, 2.75) is 0 Å². The van der Waals surface area contributed by atoms with Crippen molar-refractivity contribution in [3.8, 4) is 0 Å². The van der Waals surface area contributed by atoms with Crippen LogP contribution in [0.25, 0.3) is 0 Å². The van der Waals surface area contributed by atoms with Crippen LogP contribution in [0.2, 0.25) is 5.02 Å². The van der Waals surface area contributed by atoms with Gasteiger partial charge in [-0.3, -0.25) is 4.79 Å². The molecule has 1 rings (SSSR count). The zero-order valence-corrected chi connectivity index (χ0v) is 10.6. The Morgan fingerprint density at radius 1 is 1.32 bits per heavy atom. The molecule has 0 bridgehead atoms. The minimum atomic E-state index is -1.23. The number of anilines is 1. The Bertz CT molecular complexity index is 553. The number of methoxy groups -OCH3 is 1. The molecule has 0 aliphatic carbocycles. The Morgan fingerprint density at radius 2 is 2.00 bits per heavy atom. The lowest BCUT2D eigenvalue weighted by Gasteiger charge is -2.06. The van der Waals surface area contributed by atoms with Gasteiger partial charge in [-0.25, -0.2) is 9.59 Å². The van der Waals surface area contributed by atoms with Crippen LogP contribution < -0.4 is 5.32 Å². The average Bonchev–Trinajstić information content (AvgIpc) is 2.37. The van der Waals surface area contributed by atoms with Crippen LogP contribution in [0.15, 0.2) is 30.4 Å². The molecule has 0 aliphatic heterocycles. The molecular formula is C12H10ClNO5. The minimum absolute atomic E-state index is 0.101. The summed E-state index contributed by atoms with van der Waals surface area (Å²) in [5, 5.41) is 10.9. The van der Waals surface area contributed by atoms with E-state index in [2.05, 4.69) is 10.1 Å². The highest BCUT2D eigenvalue weighted by atomic mass is 35.5. The summed E-state index contributed by atoms with van der Waals surface area (Å²) in [6.07, 6.45) is 1.56. The highest BCUT2D eigenvalue weighted by molar-refractivity contribution is 6.33. The molecule has 7 heteroatoms. The van der Waals surface area contributed by atoms with E-state index in [9.17, 15) is 14.4 Å². The van der Waals surface area contributed by atoms with Crippen molar-refractivity contribution < 1.29 is 24.2 Å². The summed E-state index contributed by atoms with van der Waals surface area (Å²) >= 11 is 5.80. The molecule has 0 unspecified atom stereocenters. The lowest BCUT2D eigenvalue weighted by molar-refractivity contribution is -0.131. The normalized spacial score (nSPS) is 10.2. The molecular weight excluding hydrogens is 274 g/mol. The standard InChI is InChI=1S/C12H10ClNO5/c1-19-12(18)8-6-7(2-3-9(8)13)14-10(15)4-5-11(16)17/h2-6H,1H3,(H,14,15)(H,16,17)/b5-4+. The second-order valence-electron chi connectivity index (χ2n) is 3.35. The third-order valence-corrected chi connectivity index (χ3v) is 2.35. The SMILES string of the molecule is COC(=O)c1cc(NC(=O)/C=C/C(=O)O)ccc1Cl. The number of halogens is 1. The molecule has 0 radical (unpaired) electrons. The number of rotatable bonds is 4. The van der Waals surface area contributed by atoms with E-state index in [-0.39, 0.29) is 10.6 Å². The maximum atomic E-state index is 11.4. The molecule has 0 spiro atoms. The molecule has 6 nitrogen and oxygen atoms in total. The highest BCUT2D eigenvalue weighted by Gasteiger charge is 2.11. The van der Waals surface area contributed by atoms with E-state index in [1.165, 1.54) is 25.3 Å². The summed E-state index contributed by atoms with van der Waals surface area (Å²) in [5.74, 6) is -2.51. The van der Waals surface area contributed by atoms with Crippen LogP contribution in [0.4, 0.5) is 5.69 Å². The van der Waals surface area contributed by atoms with Gasteiger partial charge in [0.1, 0.15) is 0 Å². The van der Waals surface area contributed by atoms with Crippen molar-refractivity contribution in [2.24, 2.45) is 0 Å². The van der Waals surface area contributed by atoms with Crippen molar-refractivity contribution >= 4 is 35.1 Å². The van der Waals surface area contributed by atoms with Crippen molar-refractivity contribution in [1.82, 2.24) is 0 Å². The highest BCUT2D eigenvalue weighted by Crippen LogP contribution is 2.21. The fourth-order valence-electron chi connectivity index (χ4n) is 1.20. The van der Waals surface area contributed by atoms with E-state index in [0.29, 0.717) is 11.8 Å². The number of carboxylic acid groups (broad SMARTS) is 1. The minimum Gasteiger partial charge on any atom is -0.478 e. The lowest BCUT2D eigenvalue weighted by Crippen LogP contribution is -2.10. The van der Waals surface area contributed by atoms with E-state index < -0.39 is 17.8 Å². The Balaban J connectivity index is 2.88. The Labute approximate surface area is 113 Å². The van der Waals surface area contributed by atoms with Gasteiger partial charge in [0.25, 0.3) is 0 Å². The molecule has 2 N–H and O–H groups in total. The molecule has 19 heavy (non-hydrogen) atoms. The number of aliphatic carboxylic acids is 1. The Hall–Kier alpha value is -2.34. The van der Waals surface area contributed by atoms with E-state index in [1.54, 1.807) is 0 Å². The number of ether oxygens (including phenoxy) is 1. The molecule has 1 aromatic rings. The molecule has 0 aliphatic rings. The maximum Gasteiger partial charge on any atom is 0.339 e. The first-order valence-electron chi connectivity index (χ1n) is 5.04. The van der Waals surface area contributed by atoms with E-state index in [0.717, 1.165) is 6.08 Å². The number of hydrogen-bond donors (Lipinski definition) is 2. The topological polar surface area (TPSA) is 92.7 Å². The third-order valence-electron chi connectivity index (χ3n) is 2.02. The predicted octanol–water partition coefficient (Wildman–Crippen LogP) is 1.71. The van der Waals surface area contributed by atoms with Gasteiger partial charge in [0.15, 0.2) is 0 Å². The van der Waals surface area contributed by atoms with Gasteiger partial charge in [0.05, 0.1) is 17.7 Å². The van der Waals surface area contributed by atoms with Crippen molar-refractivity contribution in [3.05, 3.63) is 40.9 Å². The Morgan fingerprint density at radius 3 is 2.58 bits per heavy atom. The van der Waals surface area contributed by atoms with Gasteiger partial charge >= 0.3 is 11.9 Å². The number of amides is 1. The summed E-state index contributed by atoms with van der Waals surface area (Å²) in [7, 11) is 1.21. The number of carbonyl (C=O) groups excluding carboxylic acids is 2. The fraction of sp³-hybridized carbons (Fsp3) is 0.0833. The fourth-order valence-corrected chi connectivity index (χ4v) is 1.40. The van der Waals surface area contributed by atoms with Crippen LogP contribution in [0.3, 0.4) is 0 Å². The molecule has 0 heterocycles. The van der Waals surface area contributed by atoms with E-state index in [1.807, 2.05) is 0 Å². The Kier molecular flexibility index (Phi) is 5.08. The number of benzene rings is 1. The molecule has 1 aromatic carbocycles. The molecule has 0 atom stereocenters. The number of hydrogen-bond acceptors (Lipinski definition) is 4. The number of carbonyl (C=O) groups is 3. The first kappa shape index (κ1) is 14.7. The number of nitrogens with one attached hydrogen (secondary N) is 1. The number of carboxylic acids is 1. The van der Waals surface area contributed by atoms with Gasteiger partial charge in [-0.15, -0.1) is 0 Å². The molecule has 1 amide bonds. The summed E-state index contributed by atoms with van der Waals surface area (Å²) in [6.45, 7) is 0. The van der Waals surface area contributed by atoms with E-state index >= 15 is 0 Å². The van der Waals surface area contributed by atoms with Gasteiger partial charge < -0.3 is 15.2 Å². The first-order chi connectivity index (χ1) is 8.93. The van der Waals surface area contributed by atoms with Crippen LogP contribution in [0, 0.1) is 0 Å². The van der Waals surface area contributed by atoms with Crippen LogP contribution >= 0.6 is 11.6 Å². The number of esters is 1. The second-order valence-corrected chi connectivity index (χ2v) is 3.75. The van der Waals surface area contributed by atoms with Crippen LogP contribution in [0.5, 0.6) is 0 Å². The molecule has 100 valence electrons. The predicted molar refractivity (Wildman–Crippen MR) is 68.2 cm³/mol. The van der Waals surface area contributed by atoms with Gasteiger partial charge in [-0.2, -0.15) is 0 Å². The summed E-state index contributed by atoms with van der Waals surface area (Å²) in [5.41, 5.74) is 0.397. The smallest absolute Gasteiger partial charge is 0.339 e. The van der Waals surface area contributed by atoms with Crippen molar-refractivity contribution in [3.63, 3.8) is 0 Å². The van der Waals surface area contributed by atoms with Crippen LogP contribution in [-0.2, 0) is 14.3 Å². The first-order valence-corrected chi connectivity index (χ1v) is 5.41. The zero-order chi connectivity index (χ0) is 14.4. The van der Waals surface area contributed by atoms with Crippen LogP contribution in [-0.4, -0.2) is 30.1 Å². The third kappa shape index (κ3) is 4.44. The van der Waals surface area contributed by atoms with Crippen molar-refractivity contribution in [1.29, 1.82) is 0 Å². The molecule has 0 saturated heterocycles. The van der Waals surface area contributed by atoms with Crippen LogP contribution in [0.1, 0.15) is 10.4 Å². The summed E-state index contributed by atoms with van der Waals surface area (Å²) < 4.78 is 4.53. The average molecular weight is 284 g/mol. The summed E-state index contributed by atoms with van der Waals surface area (Å²) in [4.78, 5) is 33.0. The maximum absolute atomic E-state index is 11.4. The van der Waals surface area contributed by atoms with E-state index in [4.69, 9.17) is 16.7 Å². The van der Waals surface area contributed by atoms with Crippen molar-refractivity contribution in [2.75, 3.05) is 12.4 Å². The zero-order valence-electron chi connectivity index (χ0n) is 9.84. The molecule has 0 fully saturated rings. The van der Waals surface area contributed by atoms with Gasteiger partial charge in [0.2, 0.25) is 5.91 Å². The quantitative estimate of drug-likeness (QED) is 0.648. The largest absolute Gasteiger partial charge is 0.478 e. The molecule has 0 aromatic heterocycles. The monoisotopic (exact) mass is 283 g/mol.